The fraction of sp³-hybridized carbons (Fsp3) is 0.538. The molecule has 6 heteroatoms. The van der Waals surface area contributed by atoms with E-state index in [-0.39, 0.29) is 18.0 Å². The summed E-state index contributed by atoms with van der Waals surface area (Å²) in [5, 5.41) is 9.13. The summed E-state index contributed by atoms with van der Waals surface area (Å²) in [4.78, 5) is 0.190. The zero-order valence-electron chi connectivity index (χ0n) is 10.9. The Labute approximate surface area is 113 Å². The van der Waals surface area contributed by atoms with Crippen LogP contribution in [-0.4, -0.2) is 35.5 Å². The molecule has 2 rings (SSSR count). The van der Waals surface area contributed by atoms with Crippen LogP contribution in [0.3, 0.4) is 0 Å². The summed E-state index contributed by atoms with van der Waals surface area (Å²) in [6.07, 6.45) is 8.90. The van der Waals surface area contributed by atoms with Crippen molar-refractivity contribution in [3.05, 3.63) is 18.0 Å². The fourth-order valence-electron chi connectivity index (χ4n) is 1.96. The van der Waals surface area contributed by atoms with E-state index in [0.29, 0.717) is 18.2 Å². The van der Waals surface area contributed by atoms with Gasteiger partial charge in [-0.1, -0.05) is 5.92 Å². The molecule has 1 N–H and O–H groups in total. The van der Waals surface area contributed by atoms with Crippen LogP contribution in [0, 0.1) is 18.3 Å². The molecule has 0 bridgehead atoms. The second kappa shape index (κ2) is 5.37. The van der Waals surface area contributed by atoms with Crippen LogP contribution in [-0.2, 0) is 23.7 Å². The molecule has 1 fully saturated rings. The minimum absolute atomic E-state index is 0.0855. The van der Waals surface area contributed by atoms with Crippen molar-refractivity contribution in [1.82, 2.24) is 8.87 Å². The molecular weight excluding hydrogens is 264 g/mol. The highest BCUT2D eigenvalue weighted by Gasteiger charge is 2.32. The summed E-state index contributed by atoms with van der Waals surface area (Å²) in [6.45, 7) is 0.377. The Bertz CT molecular complexity index is 594. The molecule has 0 atom stereocenters. The van der Waals surface area contributed by atoms with Gasteiger partial charge in [0.2, 0.25) is 10.0 Å². The second-order valence-electron chi connectivity index (χ2n) is 4.88. The first-order valence-electron chi connectivity index (χ1n) is 6.18. The van der Waals surface area contributed by atoms with Gasteiger partial charge in [-0.15, -0.1) is 6.42 Å². The Morgan fingerprint density at radius 3 is 2.74 bits per heavy atom. The number of terminal acetylenes is 1. The predicted molar refractivity (Wildman–Crippen MR) is 71.7 cm³/mol. The number of rotatable bonds is 6. The van der Waals surface area contributed by atoms with Crippen LogP contribution >= 0.6 is 0 Å². The molecule has 19 heavy (non-hydrogen) atoms. The van der Waals surface area contributed by atoms with E-state index in [4.69, 9.17) is 11.5 Å². The monoisotopic (exact) mass is 282 g/mol. The molecule has 0 radical (unpaired) electrons. The number of hydrogen-bond acceptors (Lipinski definition) is 3. The van der Waals surface area contributed by atoms with Gasteiger partial charge in [0.1, 0.15) is 4.90 Å². The molecule has 104 valence electrons. The van der Waals surface area contributed by atoms with Crippen LogP contribution in [0.1, 0.15) is 18.5 Å². The average Bonchev–Trinajstić information content (AvgIpc) is 3.09. The van der Waals surface area contributed by atoms with E-state index in [1.54, 1.807) is 11.6 Å². The summed E-state index contributed by atoms with van der Waals surface area (Å²) in [6, 6.07) is 1.49. The maximum Gasteiger partial charge on any atom is 0.245 e. The summed E-state index contributed by atoms with van der Waals surface area (Å²) >= 11 is 0. The summed E-state index contributed by atoms with van der Waals surface area (Å²) in [5.74, 6) is 2.84. The number of aliphatic hydroxyl groups excluding tert-OH is 1. The molecule has 0 aromatic carbocycles. The first-order chi connectivity index (χ1) is 8.98. The van der Waals surface area contributed by atoms with Crippen molar-refractivity contribution < 1.29 is 13.5 Å². The van der Waals surface area contributed by atoms with Crippen molar-refractivity contribution in [2.45, 2.75) is 24.3 Å². The zero-order valence-corrected chi connectivity index (χ0v) is 11.7. The van der Waals surface area contributed by atoms with Crippen molar-refractivity contribution in [1.29, 1.82) is 0 Å². The van der Waals surface area contributed by atoms with Crippen molar-refractivity contribution in [2.75, 3.05) is 13.1 Å². The van der Waals surface area contributed by atoms with E-state index in [1.807, 2.05) is 0 Å². The quantitative estimate of drug-likeness (QED) is 0.775. The molecular formula is C13H18N2O3S. The Morgan fingerprint density at radius 1 is 1.58 bits per heavy atom. The van der Waals surface area contributed by atoms with Gasteiger partial charge in [0.25, 0.3) is 0 Å². The van der Waals surface area contributed by atoms with Crippen LogP contribution in [0.25, 0.3) is 0 Å². The van der Waals surface area contributed by atoms with Gasteiger partial charge in [0.15, 0.2) is 0 Å². The lowest BCUT2D eigenvalue weighted by Gasteiger charge is -2.18. The number of hydrogen-bond donors (Lipinski definition) is 1. The van der Waals surface area contributed by atoms with Crippen LogP contribution in [0.4, 0.5) is 0 Å². The summed E-state index contributed by atoms with van der Waals surface area (Å²) < 4.78 is 28.0. The van der Waals surface area contributed by atoms with Crippen molar-refractivity contribution in [3.63, 3.8) is 0 Å². The lowest BCUT2D eigenvalue weighted by Crippen LogP contribution is -2.33. The average molecular weight is 282 g/mol. The highest BCUT2D eigenvalue weighted by Crippen LogP contribution is 2.31. The van der Waals surface area contributed by atoms with Crippen LogP contribution in [0.5, 0.6) is 0 Å². The third kappa shape index (κ3) is 3.00. The van der Waals surface area contributed by atoms with E-state index in [9.17, 15) is 8.42 Å². The Kier molecular flexibility index (Phi) is 3.99. The van der Waals surface area contributed by atoms with Gasteiger partial charge in [-0.25, -0.2) is 8.42 Å². The van der Waals surface area contributed by atoms with E-state index in [2.05, 4.69) is 5.92 Å². The minimum Gasteiger partial charge on any atom is -0.390 e. The standard InChI is InChI=1S/C13H18N2O3S/c1-3-6-15(8-11-4-5-11)19(17,18)13-7-12(10-16)14(2)9-13/h1,7,9,11,16H,4-6,8,10H2,2H3. The Balaban J connectivity index is 2.29. The predicted octanol–water partition coefficient (Wildman–Crippen LogP) is 0.551. The molecule has 1 heterocycles. The molecule has 0 unspecified atom stereocenters. The first-order valence-corrected chi connectivity index (χ1v) is 7.62. The molecule has 1 aromatic rings. The van der Waals surface area contributed by atoms with Crippen molar-refractivity contribution in [2.24, 2.45) is 13.0 Å². The van der Waals surface area contributed by atoms with E-state index in [0.717, 1.165) is 12.8 Å². The molecule has 0 amide bonds. The first kappa shape index (κ1) is 14.1. The van der Waals surface area contributed by atoms with E-state index >= 15 is 0 Å². The smallest absolute Gasteiger partial charge is 0.245 e. The number of nitrogens with zero attached hydrogens (tertiary/aromatic N) is 2. The summed E-state index contributed by atoms with van der Waals surface area (Å²) in [5.41, 5.74) is 0.561. The molecule has 1 aliphatic carbocycles. The van der Waals surface area contributed by atoms with Crippen molar-refractivity contribution >= 4 is 10.0 Å². The van der Waals surface area contributed by atoms with E-state index in [1.165, 1.54) is 16.6 Å². The summed E-state index contributed by atoms with van der Waals surface area (Å²) in [7, 11) is -1.87. The molecule has 0 spiro atoms. The molecule has 0 saturated heterocycles. The molecule has 1 aromatic heterocycles. The Morgan fingerprint density at radius 2 is 2.26 bits per heavy atom. The van der Waals surface area contributed by atoms with Crippen LogP contribution in [0.2, 0.25) is 0 Å². The molecule has 1 aliphatic rings. The van der Waals surface area contributed by atoms with Crippen LogP contribution in [0.15, 0.2) is 17.2 Å². The fourth-order valence-corrected chi connectivity index (χ4v) is 3.49. The lowest BCUT2D eigenvalue weighted by molar-refractivity contribution is 0.272. The Hall–Kier alpha value is -1.29. The minimum atomic E-state index is -3.57. The van der Waals surface area contributed by atoms with Crippen molar-refractivity contribution in [3.8, 4) is 12.3 Å². The SMILES string of the molecule is C#CCN(CC1CC1)S(=O)(=O)c1cc(CO)n(C)c1. The topological polar surface area (TPSA) is 62.5 Å². The zero-order chi connectivity index (χ0) is 14.0. The normalized spacial score (nSPS) is 15.7. The molecule has 5 nitrogen and oxygen atoms in total. The maximum absolute atomic E-state index is 12.5. The number of aromatic nitrogens is 1. The number of aliphatic hydroxyl groups is 1. The number of aryl methyl sites for hydroxylation is 1. The third-order valence-corrected chi connectivity index (χ3v) is 5.09. The van der Waals surface area contributed by atoms with Crippen LogP contribution < -0.4 is 0 Å². The second-order valence-corrected chi connectivity index (χ2v) is 6.82. The number of sulfonamides is 1. The van der Waals surface area contributed by atoms with E-state index < -0.39 is 10.0 Å². The van der Waals surface area contributed by atoms with Gasteiger partial charge < -0.3 is 9.67 Å². The van der Waals surface area contributed by atoms with Gasteiger partial charge in [-0.3, -0.25) is 0 Å². The van der Waals surface area contributed by atoms with Gasteiger partial charge in [0.05, 0.1) is 13.2 Å². The lowest BCUT2D eigenvalue weighted by atomic mass is 10.4. The third-order valence-electron chi connectivity index (χ3n) is 3.31. The van der Waals surface area contributed by atoms with Gasteiger partial charge in [-0.2, -0.15) is 4.31 Å². The molecule has 0 aliphatic heterocycles. The largest absolute Gasteiger partial charge is 0.390 e. The highest BCUT2D eigenvalue weighted by atomic mass is 32.2. The maximum atomic E-state index is 12.5. The highest BCUT2D eigenvalue weighted by molar-refractivity contribution is 7.89. The van der Waals surface area contributed by atoms with Gasteiger partial charge >= 0.3 is 0 Å². The molecule has 1 saturated carbocycles. The van der Waals surface area contributed by atoms with Gasteiger partial charge in [0, 0.05) is 25.5 Å². The van der Waals surface area contributed by atoms with Gasteiger partial charge in [-0.05, 0) is 24.8 Å².